The second kappa shape index (κ2) is 4.97. The van der Waals surface area contributed by atoms with Crippen LogP contribution in [0.25, 0.3) is 11.2 Å². The van der Waals surface area contributed by atoms with Crippen LogP contribution in [0.1, 0.15) is 11.4 Å². The van der Waals surface area contributed by atoms with Crippen molar-refractivity contribution in [3.05, 3.63) is 36.0 Å². The third kappa shape index (κ3) is 2.19. The minimum atomic E-state index is 0.368. The molecule has 0 spiro atoms. The van der Waals surface area contributed by atoms with Crippen molar-refractivity contribution in [2.24, 2.45) is 0 Å². The molecule has 98 valence electrons. The molecule has 0 saturated heterocycles. The highest BCUT2D eigenvalue weighted by atomic mass is 35.5. The van der Waals surface area contributed by atoms with E-state index in [1.54, 1.807) is 17.1 Å². The number of aromatic nitrogens is 6. The van der Waals surface area contributed by atoms with E-state index >= 15 is 0 Å². The summed E-state index contributed by atoms with van der Waals surface area (Å²) in [7, 11) is 0. The number of aryl methyl sites for hydroxylation is 3. The van der Waals surface area contributed by atoms with Gasteiger partial charge in [-0.05, 0) is 18.6 Å². The van der Waals surface area contributed by atoms with Crippen molar-refractivity contribution >= 4 is 22.8 Å². The maximum Gasteiger partial charge on any atom is 0.160 e. The lowest BCUT2D eigenvalue weighted by Crippen LogP contribution is -2.10. The van der Waals surface area contributed by atoms with E-state index < -0.39 is 0 Å². The van der Waals surface area contributed by atoms with E-state index in [4.69, 9.17) is 11.6 Å². The molecular formula is C12H13ClN6. The van der Waals surface area contributed by atoms with Gasteiger partial charge in [0.25, 0.3) is 0 Å². The molecule has 3 heterocycles. The zero-order valence-electron chi connectivity index (χ0n) is 10.5. The SMILES string of the molecule is Cc1ccnc2c1nc(CCl)n2CCn1ccnn1. The number of pyridine rings is 1. The number of hydrogen-bond donors (Lipinski definition) is 0. The third-order valence-electron chi connectivity index (χ3n) is 3.06. The molecule has 3 rings (SSSR count). The normalized spacial score (nSPS) is 11.3. The molecular weight excluding hydrogens is 264 g/mol. The number of fused-ring (bicyclic) bond motifs is 1. The molecule has 0 aliphatic heterocycles. The smallest absolute Gasteiger partial charge is 0.160 e. The summed E-state index contributed by atoms with van der Waals surface area (Å²) in [6.45, 7) is 3.46. The van der Waals surface area contributed by atoms with Crippen LogP contribution < -0.4 is 0 Å². The molecule has 0 fully saturated rings. The van der Waals surface area contributed by atoms with Gasteiger partial charge in [0.2, 0.25) is 0 Å². The van der Waals surface area contributed by atoms with Crippen LogP contribution in [0.3, 0.4) is 0 Å². The summed E-state index contributed by atoms with van der Waals surface area (Å²) in [6, 6.07) is 1.95. The van der Waals surface area contributed by atoms with Gasteiger partial charge in [0.1, 0.15) is 11.3 Å². The molecule has 0 radical (unpaired) electrons. The van der Waals surface area contributed by atoms with Gasteiger partial charge in [-0.1, -0.05) is 5.21 Å². The summed E-state index contributed by atoms with van der Waals surface area (Å²) in [5, 5.41) is 7.74. The Kier molecular flexibility index (Phi) is 3.16. The summed E-state index contributed by atoms with van der Waals surface area (Å²) >= 11 is 5.97. The zero-order valence-corrected chi connectivity index (χ0v) is 11.2. The Hall–Kier alpha value is -1.95. The van der Waals surface area contributed by atoms with Gasteiger partial charge in [0, 0.05) is 18.9 Å². The molecule has 6 nitrogen and oxygen atoms in total. The van der Waals surface area contributed by atoms with Crippen LogP contribution in [-0.2, 0) is 19.0 Å². The minimum absolute atomic E-state index is 0.368. The van der Waals surface area contributed by atoms with Gasteiger partial charge in [-0.25, -0.2) is 9.97 Å². The number of rotatable bonds is 4. The second-order valence-corrected chi connectivity index (χ2v) is 4.55. The standard InChI is InChI=1S/C12H13ClN6/c1-9-2-3-14-12-11(9)16-10(8-13)19(12)7-6-18-5-4-15-17-18/h2-5H,6-8H2,1H3. The summed E-state index contributed by atoms with van der Waals surface area (Å²) in [5.41, 5.74) is 2.89. The first-order valence-corrected chi connectivity index (χ1v) is 6.54. The molecule has 0 bridgehead atoms. The Morgan fingerprint density at radius 2 is 2.16 bits per heavy atom. The van der Waals surface area contributed by atoms with Gasteiger partial charge in [-0.2, -0.15) is 0 Å². The molecule has 7 heteroatoms. The predicted octanol–water partition coefficient (Wildman–Crippen LogP) is 1.77. The highest BCUT2D eigenvalue weighted by molar-refractivity contribution is 6.16. The van der Waals surface area contributed by atoms with Gasteiger partial charge in [-0.3, -0.25) is 4.68 Å². The van der Waals surface area contributed by atoms with Crippen LogP contribution in [-0.4, -0.2) is 29.5 Å². The van der Waals surface area contributed by atoms with E-state index in [0.29, 0.717) is 12.4 Å². The third-order valence-corrected chi connectivity index (χ3v) is 3.30. The van der Waals surface area contributed by atoms with Crippen LogP contribution in [0, 0.1) is 6.92 Å². The van der Waals surface area contributed by atoms with Crippen molar-refractivity contribution in [3.63, 3.8) is 0 Å². The number of halogens is 1. The number of nitrogens with zero attached hydrogens (tertiary/aromatic N) is 6. The average molecular weight is 277 g/mol. The van der Waals surface area contributed by atoms with E-state index in [1.165, 1.54) is 0 Å². The summed E-state index contributed by atoms with van der Waals surface area (Å²) < 4.78 is 3.82. The highest BCUT2D eigenvalue weighted by Gasteiger charge is 2.12. The van der Waals surface area contributed by atoms with E-state index in [0.717, 1.165) is 29.1 Å². The number of imidazole rings is 1. The first-order chi connectivity index (χ1) is 9.29. The topological polar surface area (TPSA) is 61.4 Å². The lowest BCUT2D eigenvalue weighted by molar-refractivity contribution is 0.517. The Bertz CT molecular complexity index is 688. The van der Waals surface area contributed by atoms with E-state index in [1.807, 2.05) is 23.8 Å². The predicted molar refractivity (Wildman–Crippen MR) is 71.8 cm³/mol. The van der Waals surface area contributed by atoms with Crippen molar-refractivity contribution in [3.8, 4) is 0 Å². The highest BCUT2D eigenvalue weighted by Crippen LogP contribution is 2.18. The van der Waals surface area contributed by atoms with Crippen molar-refractivity contribution in [1.82, 2.24) is 29.5 Å². The van der Waals surface area contributed by atoms with Gasteiger partial charge in [0.05, 0.1) is 18.6 Å². The van der Waals surface area contributed by atoms with Crippen molar-refractivity contribution in [1.29, 1.82) is 0 Å². The Morgan fingerprint density at radius 1 is 1.26 bits per heavy atom. The Balaban J connectivity index is 1.99. The van der Waals surface area contributed by atoms with E-state index in [9.17, 15) is 0 Å². The Labute approximate surface area is 115 Å². The van der Waals surface area contributed by atoms with Crippen molar-refractivity contribution in [2.75, 3.05) is 0 Å². The van der Waals surface area contributed by atoms with Gasteiger partial charge < -0.3 is 4.57 Å². The first-order valence-electron chi connectivity index (χ1n) is 6.00. The molecule has 0 aliphatic carbocycles. The number of hydrogen-bond acceptors (Lipinski definition) is 4. The summed E-state index contributed by atoms with van der Waals surface area (Å²) in [6.07, 6.45) is 5.29. The fourth-order valence-electron chi connectivity index (χ4n) is 2.07. The second-order valence-electron chi connectivity index (χ2n) is 4.28. The lowest BCUT2D eigenvalue weighted by atomic mass is 10.3. The summed E-state index contributed by atoms with van der Waals surface area (Å²) in [4.78, 5) is 8.96. The largest absolute Gasteiger partial charge is 0.310 e. The monoisotopic (exact) mass is 276 g/mol. The maximum atomic E-state index is 5.97. The first kappa shape index (κ1) is 12.1. The van der Waals surface area contributed by atoms with Gasteiger partial charge in [-0.15, -0.1) is 16.7 Å². The molecule has 0 atom stereocenters. The van der Waals surface area contributed by atoms with Crippen LogP contribution in [0.2, 0.25) is 0 Å². The van der Waals surface area contributed by atoms with E-state index in [2.05, 4.69) is 20.3 Å². The van der Waals surface area contributed by atoms with Crippen molar-refractivity contribution < 1.29 is 0 Å². The fourth-order valence-corrected chi connectivity index (χ4v) is 2.28. The lowest BCUT2D eigenvalue weighted by Gasteiger charge is -2.06. The molecule has 0 saturated carbocycles. The van der Waals surface area contributed by atoms with Gasteiger partial charge >= 0.3 is 0 Å². The zero-order chi connectivity index (χ0) is 13.2. The summed E-state index contributed by atoms with van der Waals surface area (Å²) in [5.74, 6) is 1.20. The van der Waals surface area contributed by atoms with Gasteiger partial charge in [0.15, 0.2) is 5.65 Å². The van der Waals surface area contributed by atoms with Crippen LogP contribution in [0.15, 0.2) is 24.7 Å². The molecule has 0 aromatic carbocycles. The molecule has 0 amide bonds. The molecule has 19 heavy (non-hydrogen) atoms. The van der Waals surface area contributed by atoms with Crippen LogP contribution in [0.5, 0.6) is 0 Å². The Morgan fingerprint density at radius 3 is 2.89 bits per heavy atom. The quantitative estimate of drug-likeness (QED) is 0.682. The van der Waals surface area contributed by atoms with E-state index in [-0.39, 0.29) is 0 Å². The minimum Gasteiger partial charge on any atom is -0.310 e. The molecule has 0 unspecified atom stereocenters. The van der Waals surface area contributed by atoms with Crippen LogP contribution >= 0.6 is 11.6 Å². The molecule has 3 aromatic rings. The average Bonchev–Trinajstić information content (AvgIpc) is 3.03. The molecule has 0 N–H and O–H groups in total. The van der Waals surface area contributed by atoms with Crippen molar-refractivity contribution in [2.45, 2.75) is 25.9 Å². The molecule has 0 aliphatic rings. The van der Waals surface area contributed by atoms with Crippen LogP contribution in [0.4, 0.5) is 0 Å². The number of alkyl halides is 1. The maximum absolute atomic E-state index is 5.97. The fraction of sp³-hybridized carbons (Fsp3) is 0.333. The molecule has 3 aromatic heterocycles.